The Hall–Kier alpha value is -2.18. The fourth-order valence-electron chi connectivity index (χ4n) is 3.31. The molecule has 2 heterocycles. The van der Waals surface area contributed by atoms with Gasteiger partial charge in [0.15, 0.2) is 0 Å². The average Bonchev–Trinajstić information content (AvgIpc) is 3.06. The summed E-state index contributed by atoms with van der Waals surface area (Å²) in [4.78, 5) is 18.7. The number of amides is 1. The number of imidazole rings is 1. The summed E-state index contributed by atoms with van der Waals surface area (Å²) in [6.07, 6.45) is 5.95. The highest BCUT2D eigenvalue weighted by atomic mass is 16.3. The van der Waals surface area contributed by atoms with Crippen molar-refractivity contribution >= 4 is 5.91 Å². The maximum Gasteiger partial charge on any atom is 0.254 e. The molecule has 1 atom stereocenters. The monoisotopic (exact) mass is 342 g/mol. The highest BCUT2D eigenvalue weighted by Gasteiger charge is 2.19. The van der Waals surface area contributed by atoms with Crippen molar-refractivity contribution < 1.29 is 9.90 Å². The van der Waals surface area contributed by atoms with Crippen LogP contribution in [0.15, 0.2) is 36.7 Å². The average molecular weight is 342 g/mol. The number of piperidine rings is 1. The minimum absolute atomic E-state index is 0.0675. The van der Waals surface area contributed by atoms with E-state index in [-0.39, 0.29) is 12.5 Å². The quantitative estimate of drug-likeness (QED) is 0.835. The summed E-state index contributed by atoms with van der Waals surface area (Å²) in [6, 6.07) is 7.91. The van der Waals surface area contributed by atoms with Crippen molar-refractivity contribution in [2.75, 3.05) is 26.2 Å². The van der Waals surface area contributed by atoms with Gasteiger partial charge in [-0.2, -0.15) is 0 Å². The molecule has 3 rings (SSSR count). The predicted octanol–water partition coefficient (Wildman–Crippen LogP) is 1.52. The van der Waals surface area contributed by atoms with Gasteiger partial charge in [0.25, 0.3) is 5.91 Å². The molecule has 0 saturated carbocycles. The number of rotatable bonds is 6. The summed E-state index contributed by atoms with van der Waals surface area (Å²) >= 11 is 0. The number of aromatic nitrogens is 2. The van der Waals surface area contributed by atoms with E-state index in [1.165, 1.54) is 18.4 Å². The Morgan fingerprint density at radius 1 is 1.40 bits per heavy atom. The van der Waals surface area contributed by atoms with E-state index in [4.69, 9.17) is 0 Å². The number of aliphatic hydroxyl groups excluding tert-OH is 1. The molecule has 1 aromatic heterocycles. The van der Waals surface area contributed by atoms with Crippen molar-refractivity contribution in [2.24, 2.45) is 7.05 Å². The first-order valence-electron chi connectivity index (χ1n) is 8.86. The highest BCUT2D eigenvalue weighted by molar-refractivity contribution is 5.94. The Morgan fingerprint density at radius 3 is 2.80 bits per heavy atom. The number of nitrogens with zero attached hydrogens (tertiary/aromatic N) is 3. The molecule has 1 aliphatic heterocycles. The van der Waals surface area contributed by atoms with Crippen LogP contribution in [0.25, 0.3) is 0 Å². The van der Waals surface area contributed by atoms with Crippen LogP contribution in [0, 0.1) is 0 Å². The lowest BCUT2D eigenvalue weighted by molar-refractivity contribution is 0.0701. The number of hydrogen-bond acceptors (Lipinski definition) is 4. The Kier molecular flexibility index (Phi) is 5.83. The van der Waals surface area contributed by atoms with Gasteiger partial charge in [-0.1, -0.05) is 12.1 Å². The lowest BCUT2D eigenvalue weighted by Crippen LogP contribution is -2.34. The van der Waals surface area contributed by atoms with Crippen molar-refractivity contribution in [3.63, 3.8) is 0 Å². The Labute approximate surface area is 148 Å². The molecule has 25 heavy (non-hydrogen) atoms. The van der Waals surface area contributed by atoms with Gasteiger partial charge in [0.2, 0.25) is 0 Å². The molecule has 1 amide bonds. The van der Waals surface area contributed by atoms with Crippen molar-refractivity contribution in [3.8, 4) is 0 Å². The molecule has 134 valence electrons. The Balaban J connectivity index is 1.71. The van der Waals surface area contributed by atoms with E-state index in [0.29, 0.717) is 24.6 Å². The first kappa shape index (κ1) is 17.6. The maximum atomic E-state index is 12.8. The second-order valence-electron chi connectivity index (χ2n) is 6.57. The smallest absolute Gasteiger partial charge is 0.254 e. The summed E-state index contributed by atoms with van der Waals surface area (Å²) in [5.41, 5.74) is 1.93. The SMILES string of the molecule is Cn1ccnc1CN(CCO)C(=O)c1ccc([C@H]2CCCNC2)cc1. The number of carbonyl (C=O) groups excluding carboxylic acids is 1. The number of aryl methyl sites for hydroxylation is 1. The Morgan fingerprint density at radius 2 is 2.20 bits per heavy atom. The van der Waals surface area contributed by atoms with Gasteiger partial charge in [-0.15, -0.1) is 0 Å². The fraction of sp³-hybridized carbons (Fsp3) is 0.474. The van der Waals surface area contributed by atoms with Crippen LogP contribution in [-0.2, 0) is 13.6 Å². The van der Waals surface area contributed by atoms with Gasteiger partial charge < -0.3 is 19.9 Å². The molecule has 0 spiro atoms. The van der Waals surface area contributed by atoms with Gasteiger partial charge in [0, 0.05) is 38.1 Å². The number of aliphatic hydroxyl groups is 1. The third-order valence-electron chi connectivity index (χ3n) is 4.84. The maximum absolute atomic E-state index is 12.8. The van der Waals surface area contributed by atoms with Crippen molar-refractivity contribution in [2.45, 2.75) is 25.3 Å². The van der Waals surface area contributed by atoms with Crippen LogP contribution in [0.1, 0.15) is 40.5 Å². The van der Waals surface area contributed by atoms with E-state index in [1.54, 1.807) is 11.1 Å². The van der Waals surface area contributed by atoms with E-state index >= 15 is 0 Å². The summed E-state index contributed by atoms with van der Waals surface area (Å²) < 4.78 is 1.89. The number of benzene rings is 1. The molecule has 1 aliphatic rings. The van der Waals surface area contributed by atoms with Crippen LogP contribution in [0.2, 0.25) is 0 Å². The van der Waals surface area contributed by atoms with Gasteiger partial charge in [-0.05, 0) is 43.0 Å². The number of hydrogen-bond donors (Lipinski definition) is 2. The van der Waals surface area contributed by atoms with Gasteiger partial charge in [-0.3, -0.25) is 4.79 Å². The number of carbonyl (C=O) groups is 1. The fourth-order valence-corrected chi connectivity index (χ4v) is 3.31. The number of nitrogens with one attached hydrogen (secondary N) is 1. The zero-order chi connectivity index (χ0) is 17.6. The summed E-state index contributed by atoms with van der Waals surface area (Å²) in [6.45, 7) is 2.71. The molecule has 6 heteroatoms. The second-order valence-corrected chi connectivity index (χ2v) is 6.57. The minimum atomic E-state index is -0.0784. The highest BCUT2D eigenvalue weighted by Crippen LogP contribution is 2.23. The Bertz CT molecular complexity index is 690. The molecule has 0 unspecified atom stereocenters. The van der Waals surface area contributed by atoms with Gasteiger partial charge >= 0.3 is 0 Å². The predicted molar refractivity (Wildman–Crippen MR) is 96.3 cm³/mol. The van der Waals surface area contributed by atoms with E-state index in [0.717, 1.165) is 18.9 Å². The van der Waals surface area contributed by atoms with Crippen LogP contribution >= 0.6 is 0 Å². The minimum Gasteiger partial charge on any atom is -0.395 e. The zero-order valence-corrected chi connectivity index (χ0v) is 14.7. The molecule has 2 aromatic rings. The van der Waals surface area contributed by atoms with Crippen molar-refractivity contribution in [1.82, 2.24) is 19.8 Å². The molecule has 2 N–H and O–H groups in total. The van der Waals surface area contributed by atoms with Crippen molar-refractivity contribution in [1.29, 1.82) is 0 Å². The first-order valence-corrected chi connectivity index (χ1v) is 8.86. The third-order valence-corrected chi connectivity index (χ3v) is 4.84. The van der Waals surface area contributed by atoms with Crippen LogP contribution in [-0.4, -0.2) is 51.7 Å². The normalized spacial score (nSPS) is 17.4. The topological polar surface area (TPSA) is 70.4 Å². The summed E-state index contributed by atoms with van der Waals surface area (Å²) in [5.74, 6) is 1.25. The largest absolute Gasteiger partial charge is 0.395 e. The molecule has 6 nitrogen and oxygen atoms in total. The molecule has 0 bridgehead atoms. The van der Waals surface area contributed by atoms with Crippen LogP contribution in [0.4, 0.5) is 0 Å². The molecule has 1 saturated heterocycles. The molecule has 1 fully saturated rings. The second kappa shape index (κ2) is 8.27. The lowest BCUT2D eigenvalue weighted by Gasteiger charge is -2.24. The molecule has 0 aliphatic carbocycles. The standard InChI is InChI=1S/C19H26N4O2/c1-22-10-9-21-18(22)14-23(11-12-24)19(25)16-6-4-15(5-7-16)17-3-2-8-20-13-17/h4-7,9-10,17,20,24H,2-3,8,11-14H2,1H3/t17-/m0/s1. The molecule has 0 radical (unpaired) electrons. The van der Waals surface area contributed by atoms with Crippen molar-refractivity contribution in [3.05, 3.63) is 53.6 Å². The van der Waals surface area contributed by atoms with Crippen LogP contribution < -0.4 is 5.32 Å². The molecular formula is C19H26N4O2. The van der Waals surface area contributed by atoms with Crippen LogP contribution in [0.3, 0.4) is 0 Å². The first-order chi connectivity index (χ1) is 12.2. The summed E-state index contributed by atoms with van der Waals surface area (Å²) in [5, 5.41) is 12.7. The van der Waals surface area contributed by atoms with Gasteiger partial charge in [0.05, 0.1) is 13.2 Å². The molecular weight excluding hydrogens is 316 g/mol. The zero-order valence-electron chi connectivity index (χ0n) is 14.7. The molecule has 1 aromatic carbocycles. The summed E-state index contributed by atoms with van der Waals surface area (Å²) in [7, 11) is 1.90. The lowest BCUT2D eigenvalue weighted by atomic mass is 9.91. The van der Waals surface area contributed by atoms with Gasteiger partial charge in [0.1, 0.15) is 5.82 Å². The van der Waals surface area contributed by atoms with E-state index in [1.807, 2.05) is 29.9 Å². The van der Waals surface area contributed by atoms with E-state index in [9.17, 15) is 9.90 Å². The van der Waals surface area contributed by atoms with Crippen LogP contribution in [0.5, 0.6) is 0 Å². The van der Waals surface area contributed by atoms with E-state index in [2.05, 4.69) is 22.4 Å². The van der Waals surface area contributed by atoms with E-state index < -0.39 is 0 Å². The third kappa shape index (κ3) is 4.27. The van der Waals surface area contributed by atoms with Gasteiger partial charge in [-0.25, -0.2) is 4.98 Å².